The Labute approximate surface area is 165 Å². The van der Waals surface area contributed by atoms with Gasteiger partial charge in [-0.15, -0.1) is 18.3 Å². The number of fused-ring (bicyclic) bond motifs is 1. The van der Waals surface area contributed by atoms with Crippen molar-refractivity contribution in [3.8, 4) is 22.9 Å². The largest absolute Gasteiger partial charge is 0.573 e. The molecule has 1 fully saturated rings. The van der Waals surface area contributed by atoms with Gasteiger partial charge in [-0.1, -0.05) is 12.1 Å². The molecule has 0 aliphatic carbocycles. The molecule has 2 atom stereocenters. The summed E-state index contributed by atoms with van der Waals surface area (Å²) in [5.74, 6) is 0.549. The highest BCUT2D eigenvalue weighted by atomic mass is 19.4. The SMILES string of the molecule is CC(Oc1ccc2ncc(-c3cccc(OC(F)(F)F)c3)n2n1)C1CCCNC1. The van der Waals surface area contributed by atoms with E-state index in [1.54, 1.807) is 28.9 Å². The Morgan fingerprint density at radius 2 is 2.10 bits per heavy atom. The second kappa shape index (κ2) is 7.90. The summed E-state index contributed by atoms with van der Waals surface area (Å²) in [6.45, 7) is 3.96. The van der Waals surface area contributed by atoms with E-state index in [0.29, 0.717) is 28.7 Å². The fourth-order valence-electron chi connectivity index (χ4n) is 3.53. The maximum Gasteiger partial charge on any atom is 0.573 e. The summed E-state index contributed by atoms with van der Waals surface area (Å²) in [5, 5.41) is 7.87. The quantitative estimate of drug-likeness (QED) is 0.692. The number of halogens is 3. The highest BCUT2D eigenvalue weighted by molar-refractivity contribution is 5.64. The highest BCUT2D eigenvalue weighted by Crippen LogP contribution is 2.29. The number of hydrogen-bond acceptors (Lipinski definition) is 5. The molecule has 1 aliphatic heterocycles. The van der Waals surface area contributed by atoms with Crippen LogP contribution in [0.5, 0.6) is 11.6 Å². The Kier molecular flexibility index (Phi) is 5.31. The molecule has 0 spiro atoms. The lowest BCUT2D eigenvalue weighted by Gasteiger charge is -2.28. The summed E-state index contributed by atoms with van der Waals surface area (Å²) in [5.41, 5.74) is 1.62. The number of alkyl halides is 3. The lowest BCUT2D eigenvalue weighted by molar-refractivity contribution is -0.274. The van der Waals surface area contributed by atoms with E-state index in [9.17, 15) is 13.2 Å². The number of ether oxygens (including phenoxy) is 2. The van der Waals surface area contributed by atoms with E-state index in [1.807, 2.05) is 6.92 Å². The Hall–Kier alpha value is -2.81. The van der Waals surface area contributed by atoms with E-state index in [4.69, 9.17) is 4.74 Å². The van der Waals surface area contributed by atoms with Gasteiger partial charge in [-0.3, -0.25) is 0 Å². The first-order valence-corrected chi connectivity index (χ1v) is 9.47. The Morgan fingerprint density at radius 3 is 2.86 bits per heavy atom. The van der Waals surface area contributed by atoms with Crippen LogP contribution >= 0.6 is 0 Å². The van der Waals surface area contributed by atoms with Gasteiger partial charge in [-0.2, -0.15) is 0 Å². The van der Waals surface area contributed by atoms with Crippen LogP contribution in [0.2, 0.25) is 0 Å². The van der Waals surface area contributed by atoms with Crippen molar-refractivity contribution in [1.29, 1.82) is 0 Å². The average Bonchev–Trinajstić information content (AvgIpc) is 3.11. The van der Waals surface area contributed by atoms with E-state index in [1.165, 1.54) is 18.2 Å². The van der Waals surface area contributed by atoms with Gasteiger partial charge in [0.25, 0.3) is 0 Å². The summed E-state index contributed by atoms with van der Waals surface area (Å²) in [6, 6.07) is 9.26. The van der Waals surface area contributed by atoms with Gasteiger partial charge in [0.15, 0.2) is 5.65 Å². The molecule has 1 aromatic carbocycles. The van der Waals surface area contributed by atoms with Crippen LogP contribution in [0.1, 0.15) is 19.8 Å². The molecule has 3 heterocycles. The summed E-state index contributed by atoms with van der Waals surface area (Å²) in [4.78, 5) is 4.28. The van der Waals surface area contributed by atoms with Crippen LogP contribution in [-0.2, 0) is 0 Å². The molecule has 2 unspecified atom stereocenters. The molecule has 0 amide bonds. The van der Waals surface area contributed by atoms with Crippen molar-refractivity contribution in [2.24, 2.45) is 5.92 Å². The highest BCUT2D eigenvalue weighted by Gasteiger charge is 2.31. The predicted molar refractivity (Wildman–Crippen MR) is 101 cm³/mol. The van der Waals surface area contributed by atoms with Gasteiger partial charge in [0.2, 0.25) is 5.88 Å². The average molecular weight is 406 g/mol. The molecule has 1 aliphatic rings. The third kappa shape index (κ3) is 4.61. The minimum Gasteiger partial charge on any atom is -0.473 e. The molecule has 9 heteroatoms. The number of nitrogens with one attached hydrogen (secondary N) is 1. The van der Waals surface area contributed by atoms with Gasteiger partial charge in [-0.25, -0.2) is 9.50 Å². The standard InChI is InChI=1S/C20H21F3N4O2/c1-13(15-5-3-9-24-11-15)28-19-8-7-18-25-12-17(27(18)26-19)14-4-2-6-16(10-14)29-20(21,22)23/h2,4,6-8,10,12-13,15,24H,3,5,9,11H2,1H3. The molecular weight excluding hydrogens is 385 g/mol. The minimum absolute atomic E-state index is 0.0109. The van der Waals surface area contributed by atoms with Gasteiger partial charge in [-0.05, 0) is 44.5 Å². The zero-order valence-electron chi connectivity index (χ0n) is 15.8. The number of aromatic nitrogens is 3. The van der Waals surface area contributed by atoms with Crippen molar-refractivity contribution in [1.82, 2.24) is 19.9 Å². The van der Waals surface area contributed by atoms with Crippen LogP contribution in [0.25, 0.3) is 16.9 Å². The molecule has 6 nitrogen and oxygen atoms in total. The predicted octanol–water partition coefficient (Wildman–Crippen LogP) is 4.06. The molecule has 0 saturated carbocycles. The molecule has 1 saturated heterocycles. The smallest absolute Gasteiger partial charge is 0.473 e. The molecule has 154 valence electrons. The van der Waals surface area contributed by atoms with Gasteiger partial charge in [0, 0.05) is 24.1 Å². The van der Waals surface area contributed by atoms with Crippen molar-refractivity contribution in [3.63, 3.8) is 0 Å². The number of hydrogen-bond donors (Lipinski definition) is 1. The molecule has 4 rings (SSSR count). The van der Waals surface area contributed by atoms with Gasteiger partial charge in [0.1, 0.15) is 11.9 Å². The molecule has 2 aromatic heterocycles. The summed E-state index contributed by atoms with van der Waals surface area (Å²) in [6.07, 6.45) is -0.983. The van der Waals surface area contributed by atoms with Crippen LogP contribution in [0, 0.1) is 5.92 Å². The second-order valence-electron chi connectivity index (χ2n) is 7.09. The fraction of sp³-hybridized carbons (Fsp3) is 0.400. The Balaban J connectivity index is 1.60. The van der Waals surface area contributed by atoms with Gasteiger partial charge in [0.05, 0.1) is 11.9 Å². The van der Waals surface area contributed by atoms with E-state index < -0.39 is 6.36 Å². The van der Waals surface area contributed by atoms with E-state index in [0.717, 1.165) is 25.9 Å². The van der Waals surface area contributed by atoms with Crippen LogP contribution < -0.4 is 14.8 Å². The molecule has 29 heavy (non-hydrogen) atoms. The molecule has 0 radical (unpaired) electrons. The lowest BCUT2D eigenvalue weighted by atomic mass is 9.95. The third-order valence-corrected chi connectivity index (χ3v) is 5.01. The summed E-state index contributed by atoms with van der Waals surface area (Å²) in [7, 11) is 0. The summed E-state index contributed by atoms with van der Waals surface area (Å²) < 4.78 is 49.2. The van der Waals surface area contributed by atoms with Crippen molar-refractivity contribution < 1.29 is 22.6 Å². The molecule has 0 bridgehead atoms. The number of nitrogens with zero attached hydrogens (tertiary/aromatic N) is 3. The number of piperidine rings is 1. The van der Waals surface area contributed by atoms with Crippen LogP contribution in [0.4, 0.5) is 13.2 Å². The molecular formula is C20H21F3N4O2. The first-order valence-electron chi connectivity index (χ1n) is 9.47. The van der Waals surface area contributed by atoms with E-state index in [2.05, 4.69) is 20.1 Å². The summed E-state index contributed by atoms with van der Waals surface area (Å²) >= 11 is 0. The zero-order chi connectivity index (χ0) is 20.4. The van der Waals surface area contributed by atoms with Crippen LogP contribution in [0.15, 0.2) is 42.6 Å². The van der Waals surface area contributed by atoms with Gasteiger partial charge < -0.3 is 14.8 Å². The van der Waals surface area contributed by atoms with Crippen molar-refractivity contribution in [3.05, 3.63) is 42.6 Å². The van der Waals surface area contributed by atoms with Crippen molar-refractivity contribution in [2.75, 3.05) is 13.1 Å². The first kappa shape index (κ1) is 19.5. The maximum atomic E-state index is 12.5. The van der Waals surface area contributed by atoms with Crippen LogP contribution in [0.3, 0.4) is 0 Å². The first-order chi connectivity index (χ1) is 13.9. The second-order valence-corrected chi connectivity index (χ2v) is 7.09. The third-order valence-electron chi connectivity index (χ3n) is 5.01. The monoisotopic (exact) mass is 406 g/mol. The number of benzene rings is 1. The number of imidazole rings is 1. The van der Waals surface area contributed by atoms with Crippen molar-refractivity contribution >= 4 is 5.65 Å². The number of rotatable bonds is 5. The van der Waals surface area contributed by atoms with Gasteiger partial charge >= 0.3 is 6.36 Å². The lowest BCUT2D eigenvalue weighted by Crippen LogP contribution is -2.38. The fourth-order valence-corrected chi connectivity index (χ4v) is 3.53. The van der Waals surface area contributed by atoms with E-state index >= 15 is 0 Å². The normalized spacial score (nSPS) is 18.6. The molecule has 1 N–H and O–H groups in total. The molecule has 3 aromatic rings. The maximum absolute atomic E-state index is 12.5. The Bertz CT molecular complexity index is 983. The zero-order valence-corrected chi connectivity index (χ0v) is 15.8. The minimum atomic E-state index is -4.75. The Morgan fingerprint density at radius 1 is 1.24 bits per heavy atom. The topological polar surface area (TPSA) is 60.7 Å². The van der Waals surface area contributed by atoms with Crippen LogP contribution in [-0.4, -0.2) is 40.2 Å². The van der Waals surface area contributed by atoms with E-state index in [-0.39, 0.29) is 11.9 Å². The van der Waals surface area contributed by atoms with Crippen molar-refractivity contribution in [2.45, 2.75) is 32.2 Å².